The third-order valence-electron chi connectivity index (χ3n) is 4.34. The van der Waals surface area contributed by atoms with Crippen LogP contribution in [0.15, 0.2) is 40.8 Å². The number of thiophene rings is 1. The van der Waals surface area contributed by atoms with E-state index < -0.39 is 0 Å². The number of rotatable bonds is 7. The lowest BCUT2D eigenvalue weighted by atomic mass is 10.1. The van der Waals surface area contributed by atoms with Crippen LogP contribution in [0.2, 0.25) is 0 Å². The minimum atomic E-state index is -0.171. The van der Waals surface area contributed by atoms with Crippen LogP contribution in [0, 0.1) is 6.92 Å². The van der Waals surface area contributed by atoms with Crippen molar-refractivity contribution in [2.24, 2.45) is 0 Å². The number of nitrogens with zero attached hydrogens (tertiary/aromatic N) is 2. The molecule has 26 heavy (non-hydrogen) atoms. The van der Waals surface area contributed by atoms with Gasteiger partial charge < -0.3 is 5.32 Å². The van der Waals surface area contributed by atoms with Gasteiger partial charge in [-0.25, -0.2) is 4.98 Å². The number of aromatic nitrogens is 2. The fraction of sp³-hybridized carbons (Fsp3) is 0.350. The van der Waals surface area contributed by atoms with Gasteiger partial charge in [-0.15, -0.1) is 11.3 Å². The number of aryl methyl sites for hydroxylation is 1. The first-order valence-electron chi connectivity index (χ1n) is 8.90. The van der Waals surface area contributed by atoms with Gasteiger partial charge in [0.25, 0.3) is 5.56 Å². The SMILES string of the molecule is CCCCCNC(=O)Cn1cnc2scc(-c3ccc(C)cc3)c2c1=O. The van der Waals surface area contributed by atoms with Crippen LogP contribution in [-0.2, 0) is 11.3 Å². The van der Waals surface area contributed by atoms with Gasteiger partial charge in [-0.2, -0.15) is 0 Å². The maximum atomic E-state index is 12.9. The highest BCUT2D eigenvalue weighted by molar-refractivity contribution is 7.17. The summed E-state index contributed by atoms with van der Waals surface area (Å²) in [6.07, 6.45) is 4.61. The van der Waals surface area contributed by atoms with Crippen LogP contribution in [0.25, 0.3) is 21.3 Å². The Kier molecular flexibility index (Phi) is 5.83. The third kappa shape index (κ3) is 4.02. The molecule has 3 aromatic rings. The molecule has 5 nitrogen and oxygen atoms in total. The first-order valence-corrected chi connectivity index (χ1v) is 9.78. The predicted octanol–water partition coefficient (Wildman–Crippen LogP) is 3.74. The molecule has 0 fully saturated rings. The highest BCUT2D eigenvalue weighted by Crippen LogP contribution is 2.30. The molecule has 0 aliphatic rings. The number of benzene rings is 1. The lowest BCUT2D eigenvalue weighted by Gasteiger charge is -2.07. The van der Waals surface area contributed by atoms with Crippen LogP contribution >= 0.6 is 11.3 Å². The summed E-state index contributed by atoms with van der Waals surface area (Å²) in [6.45, 7) is 4.79. The van der Waals surface area contributed by atoms with Crippen LogP contribution < -0.4 is 10.9 Å². The van der Waals surface area contributed by atoms with E-state index in [4.69, 9.17) is 0 Å². The monoisotopic (exact) mass is 369 g/mol. The van der Waals surface area contributed by atoms with Crippen molar-refractivity contribution in [2.45, 2.75) is 39.7 Å². The second kappa shape index (κ2) is 8.27. The molecular weight excluding hydrogens is 346 g/mol. The topological polar surface area (TPSA) is 64.0 Å². The zero-order valence-corrected chi connectivity index (χ0v) is 15.9. The van der Waals surface area contributed by atoms with Crippen molar-refractivity contribution >= 4 is 27.5 Å². The normalized spacial score (nSPS) is 11.0. The van der Waals surface area contributed by atoms with Crippen molar-refractivity contribution in [3.05, 3.63) is 51.9 Å². The quantitative estimate of drug-likeness (QED) is 0.645. The molecule has 3 rings (SSSR count). The summed E-state index contributed by atoms with van der Waals surface area (Å²) in [6, 6.07) is 8.07. The first kappa shape index (κ1) is 18.3. The van der Waals surface area contributed by atoms with E-state index in [0.29, 0.717) is 16.8 Å². The zero-order chi connectivity index (χ0) is 18.5. The number of fused-ring (bicyclic) bond motifs is 1. The number of unbranched alkanes of at least 4 members (excludes halogenated alkanes) is 2. The Bertz CT molecular complexity index is 957. The van der Waals surface area contributed by atoms with E-state index in [-0.39, 0.29) is 18.0 Å². The van der Waals surface area contributed by atoms with Gasteiger partial charge >= 0.3 is 0 Å². The van der Waals surface area contributed by atoms with Crippen LogP contribution in [0.1, 0.15) is 31.7 Å². The van der Waals surface area contributed by atoms with Crippen molar-refractivity contribution < 1.29 is 4.79 Å². The van der Waals surface area contributed by atoms with Crippen LogP contribution in [0.3, 0.4) is 0 Å². The molecule has 0 spiro atoms. The summed E-state index contributed by atoms with van der Waals surface area (Å²) < 4.78 is 1.39. The summed E-state index contributed by atoms with van der Waals surface area (Å²) in [5.41, 5.74) is 2.86. The number of hydrogen-bond donors (Lipinski definition) is 1. The maximum Gasteiger partial charge on any atom is 0.263 e. The predicted molar refractivity (Wildman–Crippen MR) is 107 cm³/mol. The van der Waals surface area contributed by atoms with Gasteiger partial charge in [0.15, 0.2) is 0 Å². The fourth-order valence-electron chi connectivity index (χ4n) is 2.84. The maximum absolute atomic E-state index is 12.9. The van der Waals surface area contributed by atoms with Gasteiger partial charge in [0.1, 0.15) is 11.4 Å². The highest BCUT2D eigenvalue weighted by atomic mass is 32.1. The third-order valence-corrected chi connectivity index (χ3v) is 5.23. The van der Waals surface area contributed by atoms with Gasteiger partial charge in [-0.1, -0.05) is 49.6 Å². The van der Waals surface area contributed by atoms with E-state index in [1.54, 1.807) is 0 Å². The minimum absolute atomic E-state index is 0.00289. The smallest absolute Gasteiger partial charge is 0.263 e. The van der Waals surface area contributed by atoms with Gasteiger partial charge in [-0.3, -0.25) is 14.2 Å². The van der Waals surface area contributed by atoms with Gasteiger partial charge in [-0.05, 0) is 18.9 Å². The van der Waals surface area contributed by atoms with E-state index in [0.717, 1.165) is 30.4 Å². The second-order valence-corrected chi connectivity index (χ2v) is 7.29. The molecule has 0 aliphatic carbocycles. The molecule has 0 atom stereocenters. The van der Waals surface area contributed by atoms with Gasteiger partial charge in [0.05, 0.1) is 11.7 Å². The Morgan fingerprint density at radius 3 is 2.73 bits per heavy atom. The summed E-state index contributed by atoms with van der Waals surface area (Å²) in [5, 5.41) is 5.40. The molecule has 0 aliphatic heterocycles. The number of carbonyl (C=O) groups excluding carboxylic acids is 1. The average Bonchev–Trinajstić information content (AvgIpc) is 3.07. The zero-order valence-electron chi connectivity index (χ0n) is 15.1. The molecule has 6 heteroatoms. The van der Waals surface area contributed by atoms with E-state index in [1.165, 1.54) is 27.8 Å². The Morgan fingerprint density at radius 1 is 1.23 bits per heavy atom. The Morgan fingerprint density at radius 2 is 2.00 bits per heavy atom. The lowest BCUT2D eigenvalue weighted by Crippen LogP contribution is -2.32. The number of carbonyl (C=O) groups is 1. The summed E-state index contributed by atoms with van der Waals surface area (Å²) >= 11 is 1.45. The second-order valence-electron chi connectivity index (χ2n) is 6.43. The lowest BCUT2D eigenvalue weighted by molar-refractivity contribution is -0.121. The van der Waals surface area contributed by atoms with Crippen molar-refractivity contribution in [3.8, 4) is 11.1 Å². The van der Waals surface area contributed by atoms with Gasteiger partial charge in [0.2, 0.25) is 5.91 Å². The molecule has 1 N–H and O–H groups in total. The van der Waals surface area contributed by atoms with Crippen LogP contribution in [0.4, 0.5) is 0 Å². The van der Waals surface area contributed by atoms with Crippen molar-refractivity contribution in [1.29, 1.82) is 0 Å². The summed E-state index contributed by atoms with van der Waals surface area (Å²) in [7, 11) is 0. The molecule has 1 aromatic carbocycles. The van der Waals surface area contributed by atoms with Crippen LogP contribution in [0.5, 0.6) is 0 Å². The number of amides is 1. The molecule has 2 heterocycles. The van der Waals surface area contributed by atoms with Crippen LogP contribution in [-0.4, -0.2) is 22.0 Å². The van der Waals surface area contributed by atoms with Crippen molar-refractivity contribution in [2.75, 3.05) is 6.54 Å². The largest absolute Gasteiger partial charge is 0.355 e. The molecule has 2 aromatic heterocycles. The molecule has 1 amide bonds. The molecule has 0 saturated heterocycles. The molecule has 0 radical (unpaired) electrons. The van der Waals surface area contributed by atoms with Crippen molar-refractivity contribution in [3.63, 3.8) is 0 Å². The van der Waals surface area contributed by atoms with Crippen molar-refractivity contribution in [1.82, 2.24) is 14.9 Å². The highest BCUT2D eigenvalue weighted by Gasteiger charge is 2.14. The minimum Gasteiger partial charge on any atom is -0.355 e. The summed E-state index contributed by atoms with van der Waals surface area (Å²) in [4.78, 5) is 30.1. The number of hydrogen-bond acceptors (Lipinski definition) is 4. The van der Waals surface area contributed by atoms with E-state index in [9.17, 15) is 9.59 Å². The Labute approximate surface area is 156 Å². The Hall–Kier alpha value is -2.47. The number of nitrogens with one attached hydrogen (secondary N) is 1. The van der Waals surface area contributed by atoms with E-state index in [1.807, 2.05) is 36.6 Å². The molecule has 0 bridgehead atoms. The average molecular weight is 369 g/mol. The van der Waals surface area contributed by atoms with E-state index >= 15 is 0 Å². The molecule has 0 saturated carbocycles. The first-order chi connectivity index (χ1) is 12.6. The van der Waals surface area contributed by atoms with E-state index in [2.05, 4.69) is 17.2 Å². The Balaban J connectivity index is 1.86. The molecule has 0 unspecified atom stereocenters. The molecular formula is C20H23N3O2S. The van der Waals surface area contributed by atoms with Gasteiger partial charge in [0, 0.05) is 17.5 Å². The standard InChI is InChI=1S/C20H23N3O2S/c1-3-4-5-10-21-17(24)11-23-13-22-19-18(20(23)25)16(12-26-19)15-8-6-14(2)7-9-15/h6-9,12-13H,3-5,10-11H2,1-2H3,(H,21,24). The summed E-state index contributed by atoms with van der Waals surface area (Å²) in [5.74, 6) is -0.156. The molecule has 136 valence electrons. The fourth-order valence-corrected chi connectivity index (χ4v) is 3.75.